The SMILES string of the molecule is IN1CCN(c2ccccc2)CC1. The first-order valence-electron chi connectivity index (χ1n) is 4.57. The minimum absolute atomic E-state index is 1.15. The average molecular weight is 288 g/mol. The minimum atomic E-state index is 1.15. The summed E-state index contributed by atoms with van der Waals surface area (Å²) in [7, 11) is 0. The van der Waals surface area contributed by atoms with Gasteiger partial charge in [-0.15, -0.1) is 0 Å². The summed E-state index contributed by atoms with van der Waals surface area (Å²) < 4.78 is 2.34. The molecule has 1 aromatic rings. The van der Waals surface area contributed by atoms with E-state index in [1.54, 1.807) is 0 Å². The molecule has 2 rings (SSSR count). The molecule has 3 heteroatoms. The molecule has 1 saturated heterocycles. The van der Waals surface area contributed by atoms with Crippen LogP contribution in [0.3, 0.4) is 0 Å². The van der Waals surface area contributed by atoms with Crippen molar-refractivity contribution in [2.24, 2.45) is 0 Å². The van der Waals surface area contributed by atoms with Gasteiger partial charge in [0, 0.05) is 54.7 Å². The van der Waals surface area contributed by atoms with Gasteiger partial charge < -0.3 is 4.90 Å². The maximum Gasteiger partial charge on any atom is 0.0367 e. The summed E-state index contributed by atoms with van der Waals surface area (Å²) in [5.41, 5.74) is 1.35. The van der Waals surface area contributed by atoms with Gasteiger partial charge in [0.15, 0.2) is 0 Å². The van der Waals surface area contributed by atoms with Gasteiger partial charge in [0.1, 0.15) is 0 Å². The molecule has 1 aliphatic heterocycles. The summed E-state index contributed by atoms with van der Waals surface area (Å²) in [5.74, 6) is 0. The third kappa shape index (κ3) is 2.34. The van der Waals surface area contributed by atoms with Crippen molar-refractivity contribution in [3.63, 3.8) is 0 Å². The van der Waals surface area contributed by atoms with Crippen LogP contribution < -0.4 is 4.90 Å². The molecule has 1 heterocycles. The number of anilines is 1. The normalized spacial score (nSPS) is 19.0. The zero-order valence-corrected chi connectivity index (χ0v) is 9.65. The van der Waals surface area contributed by atoms with Gasteiger partial charge in [0.2, 0.25) is 0 Å². The van der Waals surface area contributed by atoms with Gasteiger partial charge in [-0.3, -0.25) is 0 Å². The number of rotatable bonds is 1. The second-order valence-electron chi connectivity index (χ2n) is 3.23. The molecule has 0 N–H and O–H groups in total. The first kappa shape index (κ1) is 9.27. The molecule has 0 spiro atoms. The highest BCUT2D eigenvalue weighted by Crippen LogP contribution is 2.16. The van der Waals surface area contributed by atoms with Gasteiger partial charge in [-0.1, -0.05) is 18.2 Å². The van der Waals surface area contributed by atoms with Gasteiger partial charge in [-0.25, -0.2) is 3.11 Å². The number of piperazine rings is 1. The zero-order valence-electron chi connectivity index (χ0n) is 7.49. The smallest absolute Gasteiger partial charge is 0.0367 e. The molecule has 13 heavy (non-hydrogen) atoms. The topological polar surface area (TPSA) is 6.48 Å². The van der Waals surface area contributed by atoms with Crippen LogP contribution in [0.25, 0.3) is 0 Å². The summed E-state index contributed by atoms with van der Waals surface area (Å²) in [6.07, 6.45) is 0. The van der Waals surface area contributed by atoms with E-state index in [0.717, 1.165) is 26.2 Å². The molecule has 0 bridgehead atoms. The first-order chi connectivity index (χ1) is 6.36. The molecule has 1 fully saturated rings. The lowest BCUT2D eigenvalue weighted by Gasteiger charge is -2.32. The van der Waals surface area contributed by atoms with Crippen LogP contribution >= 0.6 is 22.9 Å². The molecule has 0 unspecified atom stereocenters. The van der Waals surface area contributed by atoms with E-state index in [4.69, 9.17) is 0 Å². The van der Waals surface area contributed by atoms with E-state index in [9.17, 15) is 0 Å². The van der Waals surface area contributed by atoms with E-state index in [1.807, 2.05) is 0 Å². The largest absolute Gasteiger partial charge is 0.369 e. The summed E-state index contributed by atoms with van der Waals surface area (Å²) >= 11 is 2.39. The van der Waals surface area contributed by atoms with Crippen LogP contribution in [0.5, 0.6) is 0 Å². The Bertz CT molecular complexity index is 255. The lowest BCUT2D eigenvalue weighted by molar-refractivity contribution is 0.460. The molecule has 1 aromatic carbocycles. The number of hydrogen-bond acceptors (Lipinski definition) is 2. The first-order valence-corrected chi connectivity index (χ1v) is 5.53. The highest BCUT2D eigenvalue weighted by Gasteiger charge is 2.14. The van der Waals surface area contributed by atoms with Crippen molar-refractivity contribution in [1.29, 1.82) is 0 Å². The van der Waals surface area contributed by atoms with Crippen LogP contribution in [0.4, 0.5) is 5.69 Å². The van der Waals surface area contributed by atoms with Crippen molar-refractivity contribution in [3.8, 4) is 0 Å². The van der Waals surface area contributed by atoms with Gasteiger partial charge in [0.05, 0.1) is 0 Å². The fourth-order valence-corrected chi connectivity index (χ4v) is 2.01. The fourth-order valence-electron chi connectivity index (χ4n) is 1.58. The molecular formula is C10H13IN2. The molecular weight excluding hydrogens is 275 g/mol. The van der Waals surface area contributed by atoms with Crippen LogP contribution in [-0.2, 0) is 0 Å². The summed E-state index contributed by atoms with van der Waals surface area (Å²) in [5, 5.41) is 0. The lowest BCUT2D eigenvalue weighted by Crippen LogP contribution is -2.42. The average Bonchev–Trinajstić information content (AvgIpc) is 2.20. The highest BCUT2D eigenvalue weighted by atomic mass is 127. The molecule has 0 atom stereocenters. The number of para-hydroxylation sites is 1. The van der Waals surface area contributed by atoms with E-state index in [0.29, 0.717) is 0 Å². The molecule has 1 aliphatic rings. The van der Waals surface area contributed by atoms with Crippen LogP contribution in [0.1, 0.15) is 0 Å². The Hall–Kier alpha value is -0.290. The van der Waals surface area contributed by atoms with Crippen molar-refractivity contribution in [3.05, 3.63) is 30.3 Å². The predicted octanol–water partition coefficient (Wildman–Crippen LogP) is 2.16. The Morgan fingerprint density at radius 3 is 2.15 bits per heavy atom. The Kier molecular flexibility index (Phi) is 3.05. The van der Waals surface area contributed by atoms with Gasteiger partial charge in [-0.2, -0.15) is 0 Å². The third-order valence-corrected chi connectivity index (χ3v) is 3.31. The van der Waals surface area contributed by atoms with E-state index >= 15 is 0 Å². The van der Waals surface area contributed by atoms with Gasteiger partial charge in [0.25, 0.3) is 0 Å². The quantitative estimate of drug-likeness (QED) is 0.577. The maximum absolute atomic E-state index is 2.44. The predicted molar refractivity (Wildman–Crippen MR) is 64.2 cm³/mol. The van der Waals surface area contributed by atoms with Gasteiger partial charge >= 0.3 is 0 Å². The number of halogens is 1. The van der Waals surface area contributed by atoms with Crippen molar-refractivity contribution in [2.75, 3.05) is 31.1 Å². The monoisotopic (exact) mass is 288 g/mol. The lowest BCUT2D eigenvalue weighted by atomic mass is 10.2. The second kappa shape index (κ2) is 4.28. The number of nitrogens with zero attached hydrogens (tertiary/aromatic N) is 2. The summed E-state index contributed by atoms with van der Waals surface area (Å²) in [6.45, 7) is 4.62. The van der Waals surface area contributed by atoms with Crippen molar-refractivity contribution < 1.29 is 0 Å². The van der Waals surface area contributed by atoms with Crippen LogP contribution in [0.15, 0.2) is 30.3 Å². The Balaban J connectivity index is 2.03. The molecule has 0 aromatic heterocycles. The summed E-state index contributed by atoms with van der Waals surface area (Å²) in [4.78, 5) is 2.44. The molecule has 0 saturated carbocycles. The Morgan fingerprint density at radius 2 is 1.54 bits per heavy atom. The summed E-state index contributed by atoms with van der Waals surface area (Å²) in [6, 6.07) is 10.6. The van der Waals surface area contributed by atoms with E-state index < -0.39 is 0 Å². The van der Waals surface area contributed by atoms with Crippen molar-refractivity contribution in [2.45, 2.75) is 0 Å². The van der Waals surface area contributed by atoms with E-state index in [2.05, 4.69) is 61.2 Å². The standard InChI is InChI=1S/C10H13IN2/c11-13-8-6-12(7-9-13)10-4-2-1-3-5-10/h1-5H,6-9H2. The number of benzene rings is 1. The molecule has 0 amide bonds. The van der Waals surface area contributed by atoms with E-state index in [1.165, 1.54) is 5.69 Å². The van der Waals surface area contributed by atoms with Crippen LogP contribution in [0, 0.1) is 0 Å². The Labute approximate surface area is 93.0 Å². The van der Waals surface area contributed by atoms with Gasteiger partial charge in [-0.05, 0) is 12.1 Å². The molecule has 2 nitrogen and oxygen atoms in total. The molecule has 0 radical (unpaired) electrons. The fraction of sp³-hybridized carbons (Fsp3) is 0.400. The van der Waals surface area contributed by atoms with Crippen LogP contribution in [0.2, 0.25) is 0 Å². The van der Waals surface area contributed by atoms with Crippen LogP contribution in [-0.4, -0.2) is 29.3 Å². The van der Waals surface area contributed by atoms with E-state index in [-0.39, 0.29) is 0 Å². The molecule has 0 aliphatic carbocycles. The molecule has 70 valence electrons. The van der Waals surface area contributed by atoms with Crippen molar-refractivity contribution >= 4 is 28.6 Å². The zero-order chi connectivity index (χ0) is 9.10. The number of hydrogen-bond donors (Lipinski definition) is 0. The second-order valence-corrected chi connectivity index (χ2v) is 4.60. The minimum Gasteiger partial charge on any atom is -0.369 e. The Morgan fingerprint density at radius 1 is 0.923 bits per heavy atom. The maximum atomic E-state index is 2.44. The third-order valence-electron chi connectivity index (χ3n) is 2.35. The van der Waals surface area contributed by atoms with Crippen molar-refractivity contribution in [1.82, 2.24) is 3.11 Å². The highest BCUT2D eigenvalue weighted by molar-refractivity contribution is 14.1.